The molecule has 5 rings (SSSR count). The maximum atomic E-state index is 12.9. The molecule has 0 atom stereocenters. The van der Waals surface area contributed by atoms with Gasteiger partial charge in [0.2, 0.25) is 5.91 Å². The van der Waals surface area contributed by atoms with Crippen LogP contribution in [-0.4, -0.2) is 18.3 Å². The van der Waals surface area contributed by atoms with Crippen LogP contribution in [0.15, 0.2) is 42.0 Å². The highest BCUT2D eigenvalue weighted by Crippen LogP contribution is 2.55. The maximum absolute atomic E-state index is 12.9. The van der Waals surface area contributed by atoms with Gasteiger partial charge in [0.1, 0.15) is 12.4 Å². The molecule has 2 fully saturated rings. The fourth-order valence-corrected chi connectivity index (χ4v) is 4.64. The number of nitrogens with one attached hydrogen (secondary N) is 1. The molecule has 3 aliphatic rings. The first-order valence-electron chi connectivity index (χ1n) is 9.97. The van der Waals surface area contributed by atoms with E-state index in [0.29, 0.717) is 26.9 Å². The van der Waals surface area contributed by atoms with Gasteiger partial charge in [-0.05, 0) is 61.6 Å². The number of fused-ring (bicyclic) bond motifs is 2. The van der Waals surface area contributed by atoms with E-state index in [1.54, 1.807) is 24.3 Å². The van der Waals surface area contributed by atoms with E-state index < -0.39 is 5.41 Å². The number of hydrogen-bond donors (Lipinski definition) is 2. The molecule has 1 aliphatic heterocycles. The van der Waals surface area contributed by atoms with Crippen LogP contribution in [-0.2, 0) is 15.0 Å². The molecule has 154 valence electrons. The molecular weight excluding hydrogens is 423 g/mol. The van der Waals surface area contributed by atoms with E-state index in [2.05, 4.69) is 5.32 Å². The lowest BCUT2D eigenvalue weighted by Crippen LogP contribution is -2.19. The third-order valence-corrected chi connectivity index (χ3v) is 6.76. The second kappa shape index (κ2) is 7.03. The molecule has 0 bridgehead atoms. The Morgan fingerprint density at radius 3 is 2.50 bits per heavy atom. The van der Waals surface area contributed by atoms with Crippen LogP contribution in [0.5, 0.6) is 5.75 Å². The topological polar surface area (TPSA) is 81.4 Å². The fraction of sp³-hybridized carbons (Fsp3) is 0.304. The second-order valence-corrected chi connectivity index (χ2v) is 8.97. The third-order valence-electron chi connectivity index (χ3n) is 6.13. The van der Waals surface area contributed by atoms with Gasteiger partial charge in [-0.2, -0.15) is 0 Å². The molecule has 7 heteroatoms. The SMILES string of the molecule is NC(=C(COc1ccc2c(c1)C1(CC1)C(=O)N2)C(=O)C1CC1)c1c(Cl)cccc1Cl. The summed E-state index contributed by atoms with van der Waals surface area (Å²) in [6.07, 6.45) is 3.39. The van der Waals surface area contributed by atoms with Gasteiger partial charge >= 0.3 is 0 Å². The van der Waals surface area contributed by atoms with Crippen LogP contribution in [0.4, 0.5) is 5.69 Å². The smallest absolute Gasteiger partial charge is 0.235 e. The zero-order valence-electron chi connectivity index (χ0n) is 16.1. The Hall–Kier alpha value is -2.50. The standard InChI is InChI=1S/C23H20Cl2N2O3/c24-16-2-1-3-17(25)19(16)20(26)14(21(28)12-4-5-12)11-30-13-6-7-18-15(10-13)23(8-9-23)22(29)27-18/h1-3,6-7,10,12H,4-5,8-9,11,26H2,(H,27,29). The summed E-state index contributed by atoms with van der Waals surface area (Å²) in [6.45, 7) is 0.00980. The van der Waals surface area contributed by atoms with Crippen molar-refractivity contribution in [3.63, 3.8) is 0 Å². The molecule has 0 unspecified atom stereocenters. The molecule has 0 radical (unpaired) electrons. The average molecular weight is 443 g/mol. The van der Waals surface area contributed by atoms with E-state index in [0.717, 1.165) is 36.9 Å². The molecule has 1 spiro atoms. The van der Waals surface area contributed by atoms with Gasteiger partial charge in [0.05, 0.1) is 26.7 Å². The van der Waals surface area contributed by atoms with Crippen LogP contribution in [0.25, 0.3) is 5.70 Å². The minimum absolute atomic E-state index is 0.00980. The zero-order valence-corrected chi connectivity index (χ0v) is 17.6. The number of carbonyl (C=O) groups is 2. The lowest BCUT2D eigenvalue weighted by molar-refractivity contribution is -0.118. The summed E-state index contributed by atoms with van der Waals surface area (Å²) in [5.74, 6) is 0.590. The lowest BCUT2D eigenvalue weighted by atomic mass is 9.97. The number of nitrogens with two attached hydrogens (primary N) is 1. The summed E-state index contributed by atoms with van der Waals surface area (Å²) in [4.78, 5) is 25.2. The number of benzene rings is 2. The number of halogens is 2. The van der Waals surface area contributed by atoms with Crippen LogP contribution < -0.4 is 15.8 Å². The molecule has 5 nitrogen and oxygen atoms in total. The summed E-state index contributed by atoms with van der Waals surface area (Å²) in [5.41, 5.74) is 8.86. The fourth-order valence-electron chi connectivity index (χ4n) is 4.04. The number of amides is 1. The van der Waals surface area contributed by atoms with Crippen molar-refractivity contribution < 1.29 is 14.3 Å². The van der Waals surface area contributed by atoms with Crippen molar-refractivity contribution in [3.8, 4) is 5.75 Å². The molecule has 1 heterocycles. The summed E-state index contributed by atoms with van der Waals surface area (Å²) in [7, 11) is 0. The largest absolute Gasteiger partial charge is 0.489 e. The van der Waals surface area contributed by atoms with Crippen molar-refractivity contribution in [2.24, 2.45) is 11.7 Å². The lowest BCUT2D eigenvalue weighted by Gasteiger charge is -2.15. The van der Waals surface area contributed by atoms with Crippen molar-refractivity contribution >= 4 is 46.3 Å². The van der Waals surface area contributed by atoms with Crippen LogP contribution in [0.3, 0.4) is 0 Å². The normalized spacial score (nSPS) is 19.2. The molecule has 3 N–H and O–H groups in total. The monoisotopic (exact) mass is 442 g/mol. The number of anilines is 1. The summed E-state index contributed by atoms with van der Waals surface area (Å²) in [6, 6.07) is 10.6. The van der Waals surface area contributed by atoms with Gasteiger partial charge in [-0.3, -0.25) is 9.59 Å². The molecule has 2 aromatic rings. The average Bonchev–Trinajstić information content (AvgIpc) is 3.61. The highest BCUT2D eigenvalue weighted by atomic mass is 35.5. The van der Waals surface area contributed by atoms with Gasteiger partial charge in [0.25, 0.3) is 0 Å². The predicted octanol–water partition coefficient (Wildman–Crippen LogP) is 4.71. The van der Waals surface area contributed by atoms with Crippen molar-refractivity contribution in [1.82, 2.24) is 0 Å². The number of rotatable bonds is 6. The highest BCUT2D eigenvalue weighted by molar-refractivity contribution is 6.37. The van der Waals surface area contributed by atoms with Crippen molar-refractivity contribution in [2.45, 2.75) is 31.1 Å². The number of Topliss-reactive ketones (excluding diaryl/α,β-unsaturated/α-hetero) is 1. The first-order chi connectivity index (χ1) is 14.4. The number of carbonyl (C=O) groups excluding carboxylic acids is 2. The highest BCUT2D eigenvalue weighted by Gasteiger charge is 2.56. The van der Waals surface area contributed by atoms with Crippen molar-refractivity contribution in [1.29, 1.82) is 0 Å². The van der Waals surface area contributed by atoms with Crippen LogP contribution >= 0.6 is 23.2 Å². The Bertz CT molecular complexity index is 1100. The Balaban J connectivity index is 1.46. The summed E-state index contributed by atoms with van der Waals surface area (Å²) >= 11 is 12.6. The van der Waals surface area contributed by atoms with E-state index in [1.165, 1.54) is 0 Å². The Morgan fingerprint density at radius 2 is 1.87 bits per heavy atom. The molecule has 30 heavy (non-hydrogen) atoms. The number of hydrogen-bond acceptors (Lipinski definition) is 4. The van der Waals surface area contributed by atoms with Crippen LogP contribution in [0.2, 0.25) is 10.0 Å². The van der Waals surface area contributed by atoms with Gasteiger partial charge in [-0.1, -0.05) is 29.3 Å². The van der Waals surface area contributed by atoms with Gasteiger partial charge in [-0.25, -0.2) is 0 Å². The predicted molar refractivity (Wildman–Crippen MR) is 117 cm³/mol. The molecule has 1 amide bonds. The van der Waals surface area contributed by atoms with Gasteiger partial charge in [-0.15, -0.1) is 0 Å². The Kier molecular flexibility index (Phi) is 4.56. The van der Waals surface area contributed by atoms with E-state index in [-0.39, 0.29) is 29.9 Å². The first-order valence-corrected chi connectivity index (χ1v) is 10.7. The molecule has 2 saturated carbocycles. The molecular formula is C23H20Cl2N2O3. The molecule has 0 aromatic heterocycles. The van der Waals surface area contributed by atoms with Crippen LogP contribution in [0, 0.1) is 5.92 Å². The van der Waals surface area contributed by atoms with E-state index in [4.69, 9.17) is 33.7 Å². The van der Waals surface area contributed by atoms with E-state index in [9.17, 15) is 9.59 Å². The third kappa shape index (κ3) is 3.17. The van der Waals surface area contributed by atoms with Crippen molar-refractivity contribution in [2.75, 3.05) is 11.9 Å². The van der Waals surface area contributed by atoms with Gasteiger partial charge < -0.3 is 15.8 Å². The van der Waals surface area contributed by atoms with Gasteiger partial charge in [0, 0.05) is 17.2 Å². The number of ketones is 1. The Labute approximate surface area is 184 Å². The quantitative estimate of drug-likeness (QED) is 0.634. The van der Waals surface area contributed by atoms with Crippen LogP contribution in [0.1, 0.15) is 36.8 Å². The van der Waals surface area contributed by atoms with E-state index >= 15 is 0 Å². The Morgan fingerprint density at radius 1 is 1.17 bits per heavy atom. The van der Waals surface area contributed by atoms with Crippen molar-refractivity contribution in [3.05, 3.63) is 63.1 Å². The minimum Gasteiger partial charge on any atom is -0.489 e. The molecule has 2 aromatic carbocycles. The zero-order chi connectivity index (χ0) is 21.0. The second-order valence-electron chi connectivity index (χ2n) is 8.16. The summed E-state index contributed by atoms with van der Waals surface area (Å²) < 4.78 is 5.99. The first kappa shape index (κ1) is 19.5. The minimum atomic E-state index is -0.401. The van der Waals surface area contributed by atoms with Gasteiger partial charge in [0.15, 0.2) is 5.78 Å². The summed E-state index contributed by atoms with van der Waals surface area (Å²) in [5, 5.41) is 3.70. The molecule has 0 saturated heterocycles. The molecule has 2 aliphatic carbocycles. The number of ether oxygens (including phenoxy) is 1. The maximum Gasteiger partial charge on any atom is 0.235 e. The van der Waals surface area contributed by atoms with E-state index in [1.807, 2.05) is 12.1 Å².